The summed E-state index contributed by atoms with van der Waals surface area (Å²) in [6.45, 7) is -0.267. The van der Waals surface area contributed by atoms with Crippen LogP contribution in [-0.2, 0) is 18.9 Å². The molecule has 3 aliphatic heterocycles. The van der Waals surface area contributed by atoms with Gasteiger partial charge in [-0.05, 0) is 25.1 Å². The van der Waals surface area contributed by atoms with E-state index in [1.165, 1.54) is 32.2 Å². The van der Waals surface area contributed by atoms with Crippen molar-refractivity contribution < 1.29 is 98.9 Å². The van der Waals surface area contributed by atoms with Crippen LogP contribution >= 0.6 is 0 Å². The number of phenols is 2. The van der Waals surface area contributed by atoms with Crippen LogP contribution in [0.4, 0.5) is 0 Å². The van der Waals surface area contributed by atoms with Crippen molar-refractivity contribution in [2.75, 3.05) is 20.3 Å². The van der Waals surface area contributed by atoms with E-state index in [9.17, 15) is 66.1 Å². The summed E-state index contributed by atoms with van der Waals surface area (Å²) in [6.07, 6.45) is -25.5. The molecule has 0 radical (unpaired) electrons. The molecule has 21 heteroatoms. The lowest BCUT2D eigenvalue weighted by atomic mass is 9.97. The molecule has 2 aromatic carbocycles. The summed E-state index contributed by atoms with van der Waals surface area (Å²) < 4.78 is 45.2. The Labute approximate surface area is 309 Å². The lowest BCUT2D eigenvalue weighted by molar-refractivity contribution is -0.354. The van der Waals surface area contributed by atoms with Crippen LogP contribution in [0.15, 0.2) is 39.5 Å². The Morgan fingerprint density at radius 1 is 0.673 bits per heavy atom. The second kappa shape index (κ2) is 16.3. The van der Waals surface area contributed by atoms with E-state index in [2.05, 4.69) is 0 Å². The lowest BCUT2D eigenvalue weighted by Gasteiger charge is -2.45. The first-order valence-corrected chi connectivity index (χ1v) is 16.9. The molecule has 304 valence electrons. The highest BCUT2D eigenvalue weighted by atomic mass is 16.8. The predicted octanol–water partition coefficient (Wildman–Crippen LogP) is -3.91. The van der Waals surface area contributed by atoms with Gasteiger partial charge in [0.25, 0.3) is 0 Å². The third kappa shape index (κ3) is 7.65. The van der Waals surface area contributed by atoms with Crippen molar-refractivity contribution in [1.29, 1.82) is 0 Å². The highest BCUT2D eigenvalue weighted by Crippen LogP contribution is 2.41. The summed E-state index contributed by atoms with van der Waals surface area (Å²) in [6, 6.07) is 5.73. The fourth-order valence-corrected chi connectivity index (χ4v) is 6.43. The first kappa shape index (κ1) is 40.7. The molecule has 3 fully saturated rings. The average Bonchev–Trinajstić information content (AvgIpc) is 3.16. The third-order valence-corrected chi connectivity index (χ3v) is 9.61. The number of rotatable bonds is 10. The van der Waals surface area contributed by atoms with Crippen molar-refractivity contribution in [2.45, 2.75) is 99.0 Å². The van der Waals surface area contributed by atoms with E-state index in [0.29, 0.717) is 0 Å². The van der Waals surface area contributed by atoms with Gasteiger partial charge in [-0.15, -0.1) is 0 Å². The molecule has 12 N–H and O–H groups in total. The monoisotopic (exact) mass is 786 g/mol. The summed E-state index contributed by atoms with van der Waals surface area (Å²) in [4.78, 5) is 14.3. The fraction of sp³-hybridized carbons (Fsp3) is 0.559. The zero-order valence-corrected chi connectivity index (χ0v) is 29.0. The Hall–Kier alpha value is -3.91. The minimum absolute atomic E-state index is 0.00735. The number of ether oxygens (including phenoxy) is 7. The zero-order valence-electron chi connectivity index (χ0n) is 29.0. The molecule has 55 heavy (non-hydrogen) atoms. The topological polar surface area (TPSA) is 338 Å². The van der Waals surface area contributed by atoms with Crippen LogP contribution < -0.4 is 19.6 Å². The first-order valence-electron chi connectivity index (χ1n) is 16.9. The Morgan fingerprint density at radius 2 is 1.29 bits per heavy atom. The van der Waals surface area contributed by atoms with E-state index in [4.69, 9.17) is 37.6 Å². The Balaban J connectivity index is 1.44. The van der Waals surface area contributed by atoms with E-state index in [1.54, 1.807) is 0 Å². The molecule has 3 aliphatic rings. The molecule has 1 aromatic heterocycles. The second-order valence-corrected chi connectivity index (χ2v) is 13.2. The van der Waals surface area contributed by atoms with Crippen LogP contribution in [0.5, 0.6) is 28.7 Å². The molecule has 0 saturated carbocycles. The minimum atomic E-state index is -1.97. The van der Waals surface area contributed by atoms with Gasteiger partial charge in [0.1, 0.15) is 83.5 Å². The van der Waals surface area contributed by atoms with E-state index in [1.807, 2.05) is 0 Å². The van der Waals surface area contributed by atoms with Crippen molar-refractivity contribution in [1.82, 2.24) is 0 Å². The molecule has 0 spiro atoms. The number of aromatic hydroxyl groups is 2. The van der Waals surface area contributed by atoms with Gasteiger partial charge in [-0.3, -0.25) is 4.79 Å². The van der Waals surface area contributed by atoms with Crippen molar-refractivity contribution in [3.05, 3.63) is 40.6 Å². The highest BCUT2D eigenvalue weighted by Gasteiger charge is 2.51. The molecule has 15 atom stereocenters. The Kier molecular flexibility index (Phi) is 12.1. The molecule has 4 heterocycles. The van der Waals surface area contributed by atoms with Gasteiger partial charge in [0.15, 0.2) is 29.7 Å². The quantitative estimate of drug-likeness (QED) is 0.0934. The Bertz CT molecular complexity index is 1870. The number of phenolic OH excluding ortho intramolecular Hbond substituents is 2. The van der Waals surface area contributed by atoms with E-state index < -0.39 is 133 Å². The van der Waals surface area contributed by atoms with E-state index in [-0.39, 0.29) is 28.4 Å². The molecule has 3 aromatic rings. The van der Waals surface area contributed by atoms with Crippen LogP contribution in [-0.4, -0.2) is 174 Å². The van der Waals surface area contributed by atoms with Gasteiger partial charge in [0.05, 0.1) is 26.4 Å². The van der Waals surface area contributed by atoms with Gasteiger partial charge >= 0.3 is 0 Å². The molecule has 7 unspecified atom stereocenters. The van der Waals surface area contributed by atoms with Crippen LogP contribution in [0.2, 0.25) is 0 Å². The summed E-state index contributed by atoms with van der Waals surface area (Å²) in [5.41, 5.74) is -1.46. The van der Waals surface area contributed by atoms with Crippen molar-refractivity contribution in [3.8, 4) is 40.1 Å². The van der Waals surface area contributed by atoms with Gasteiger partial charge in [0, 0.05) is 17.7 Å². The number of fused-ring (bicyclic) bond motifs is 1. The van der Waals surface area contributed by atoms with Gasteiger partial charge in [0.2, 0.25) is 23.8 Å². The smallest absolute Gasteiger partial charge is 0.239 e. The van der Waals surface area contributed by atoms with Crippen LogP contribution in [0, 0.1) is 0 Å². The predicted molar refractivity (Wildman–Crippen MR) is 178 cm³/mol. The number of aliphatic hydroxyl groups excluding tert-OH is 10. The maximum absolute atomic E-state index is 14.3. The minimum Gasteiger partial charge on any atom is -0.507 e. The summed E-state index contributed by atoms with van der Waals surface area (Å²) in [5, 5.41) is 124. The maximum atomic E-state index is 14.3. The van der Waals surface area contributed by atoms with Crippen LogP contribution in [0.1, 0.15) is 6.92 Å². The van der Waals surface area contributed by atoms with Crippen LogP contribution in [0.25, 0.3) is 22.3 Å². The van der Waals surface area contributed by atoms with Crippen LogP contribution in [0.3, 0.4) is 0 Å². The molecule has 21 nitrogen and oxygen atoms in total. The van der Waals surface area contributed by atoms with Crippen molar-refractivity contribution >= 4 is 11.0 Å². The number of benzene rings is 2. The number of methoxy groups -OCH3 is 1. The normalized spacial score (nSPS) is 36.8. The highest BCUT2D eigenvalue weighted by molar-refractivity contribution is 5.88. The maximum Gasteiger partial charge on any atom is 0.239 e. The molecule has 0 aliphatic carbocycles. The molecule has 0 bridgehead atoms. The molecule has 0 amide bonds. The SMILES string of the molecule is COc1cc(-c2oc3cc(O[C@@H]4OC(CO)[C@@H](O)[C@H](O)C4O)cc(O)c3c(=O)c2O[C@@H]2OC(CO)[C@@H](O)C(O)C2O[C@@H]2OC(C)[C@H](O)C(O)[C@@H]2O)ccc1O. The number of aliphatic hydroxyl groups is 10. The summed E-state index contributed by atoms with van der Waals surface area (Å²) >= 11 is 0. The van der Waals surface area contributed by atoms with E-state index in [0.717, 1.165) is 12.1 Å². The van der Waals surface area contributed by atoms with Gasteiger partial charge in [-0.2, -0.15) is 0 Å². The fourth-order valence-electron chi connectivity index (χ4n) is 6.43. The molecule has 6 rings (SSSR count). The molecule has 3 saturated heterocycles. The zero-order chi connectivity index (χ0) is 40.0. The molecular formula is C34H42O21. The van der Waals surface area contributed by atoms with Crippen molar-refractivity contribution in [3.63, 3.8) is 0 Å². The van der Waals surface area contributed by atoms with E-state index >= 15 is 0 Å². The standard InChI is InChI=1S/C34H42O21/c1-10-20(39)24(43)27(46)32(49-10)55-31-26(45)22(41)18(9-36)53-34(31)54-30-23(42)19-14(38)6-12(50-33-28(47)25(44)21(40)17(8-35)52-33)7-16(19)51-29(30)11-3-4-13(37)15(5-11)48-2/h3-7,10,17-18,20-22,24-28,31-41,43-47H,8-9H2,1-2H3/t10?,17?,18?,20-,21+,22+,24?,25-,26?,27-,28?,31?,32-,33+,34-/m0/s1. The second-order valence-electron chi connectivity index (χ2n) is 13.2. The third-order valence-electron chi connectivity index (χ3n) is 9.61. The largest absolute Gasteiger partial charge is 0.507 e. The molecular weight excluding hydrogens is 744 g/mol. The van der Waals surface area contributed by atoms with Gasteiger partial charge in [-0.25, -0.2) is 0 Å². The summed E-state index contributed by atoms with van der Waals surface area (Å²) in [5.74, 6) is -2.65. The lowest BCUT2D eigenvalue weighted by Crippen LogP contribution is -2.64. The van der Waals surface area contributed by atoms with Crippen molar-refractivity contribution in [2.24, 2.45) is 0 Å². The number of hydrogen-bond donors (Lipinski definition) is 12. The average molecular weight is 787 g/mol. The van der Waals surface area contributed by atoms with Gasteiger partial charge in [-0.1, -0.05) is 0 Å². The Morgan fingerprint density at radius 3 is 1.95 bits per heavy atom. The first-order chi connectivity index (χ1) is 26.1. The number of hydrogen-bond acceptors (Lipinski definition) is 21. The van der Waals surface area contributed by atoms with Gasteiger partial charge < -0.3 is 98.9 Å². The summed E-state index contributed by atoms with van der Waals surface area (Å²) in [7, 11) is 1.24.